The van der Waals surface area contributed by atoms with Gasteiger partial charge in [-0.15, -0.1) is 0 Å². The zero-order valence-electron chi connectivity index (χ0n) is 15.9. The van der Waals surface area contributed by atoms with E-state index in [9.17, 15) is 0 Å². The van der Waals surface area contributed by atoms with Crippen LogP contribution < -0.4 is 10.5 Å². The number of hydrogen-bond donors (Lipinski definition) is 1. The van der Waals surface area contributed by atoms with Gasteiger partial charge in [0.1, 0.15) is 5.75 Å². The van der Waals surface area contributed by atoms with Crippen LogP contribution in [0.4, 0.5) is 0 Å². The van der Waals surface area contributed by atoms with Crippen LogP contribution in [-0.4, -0.2) is 13.7 Å². The normalized spacial score (nSPS) is 12.5. The Hall–Kier alpha value is -1.80. The molecule has 2 rings (SSSR count). The van der Waals surface area contributed by atoms with Crippen molar-refractivity contribution in [3.8, 4) is 5.75 Å². The van der Waals surface area contributed by atoms with Crippen LogP contribution in [0, 0.1) is 20.8 Å². The smallest absolute Gasteiger partial charge is 0.122 e. The molecule has 0 aliphatic rings. The number of nitrogens with two attached hydrogens (primary N) is 1. The molecule has 0 heterocycles. The summed E-state index contributed by atoms with van der Waals surface area (Å²) >= 11 is 0. The third-order valence-electron chi connectivity index (χ3n) is 4.87. The lowest BCUT2D eigenvalue weighted by atomic mass is 9.84. The Bertz CT molecular complexity index is 680. The van der Waals surface area contributed by atoms with E-state index in [1.54, 1.807) is 7.11 Å². The average molecular weight is 325 g/mol. The van der Waals surface area contributed by atoms with Crippen LogP contribution in [0.3, 0.4) is 0 Å². The van der Waals surface area contributed by atoms with Crippen molar-refractivity contribution in [2.45, 2.75) is 52.9 Å². The minimum Gasteiger partial charge on any atom is -0.496 e. The first-order valence-corrected chi connectivity index (χ1v) is 8.82. The lowest BCUT2D eigenvalue weighted by Crippen LogP contribution is -2.18. The van der Waals surface area contributed by atoms with Crippen molar-refractivity contribution >= 4 is 0 Å². The van der Waals surface area contributed by atoms with Gasteiger partial charge < -0.3 is 10.5 Å². The third-order valence-corrected chi connectivity index (χ3v) is 4.87. The van der Waals surface area contributed by atoms with Gasteiger partial charge in [0.05, 0.1) is 7.11 Å². The van der Waals surface area contributed by atoms with E-state index in [0.29, 0.717) is 18.4 Å². The van der Waals surface area contributed by atoms with Crippen LogP contribution in [-0.2, 0) is 6.42 Å². The van der Waals surface area contributed by atoms with E-state index in [2.05, 4.69) is 65.0 Å². The molecule has 2 N–H and O–H groups in total. The zero-order valence-corrected chi connectivity index (χ0v) is 15.9. The number of ether oxygens (including phenoxy) is 1. The first-order valence-electron chi connectivity index (χ1n) is 8.82. The monoisotopic (exact) mass is 325 g/mol. The van der Waals surface area contributed by atoms with Crippen molar-refractivity contribution in [3.63, 3.8) is 0 Å². The molecule has 0 spiro atoms. The molecule has 2 heteroatoms. The molecule has 2 aromatic carbocycles. The quantitative estimate of drug-likeness (QED) is 0.808. The summed E-state index contributed by atoms with van der Waals surface area (Å²) in [5.41, 5.74) is 14.1. The maximum Gasteiger partial charge on any atom is 0.122 e. The Kier molecular flexibility index (Phi) is 6.06. The van der Waals surface area contributed by atoms with Gasteiger partial charge in [-0.05, 0) is 73.5 Å². The average Bonchev–Trinajstić information content (AvgIpc) is 2.52. The summed E-state index contributed by atoms with van der Waals surface area (Å²) in [6.45, 7) is 11.6. The highest BCUT2D eigenvalue weighted by Crippen LogP contribution is 2.32. The minimum atomic E-state index is 0.307. The third kappa shape index (κ3) is 3.99. The molecule has 0 radical (unpaired) electrons. The Morgan fingerprint density at radius 3 is 2.12 bits per heavy atom. The summed E-state index contributed by atoms with van der Waals surface area (Å²) in [4.78, 5) is 0. The van der Waals surface area contributed by atoms with E-state index < -0.39 is 0 Å². The minimum absolute atomic E-state index is 0.307. The van der Waals surface area contributed by atoms with Crippen molar-refractivity contribution in [3.05, 3.63) is 63.7 Å². The summed E-state index contributed by atoms with van der Waals surface area (Å²) in [7, 11) is 1.74. The second kappa shape index (κ2) is 7.85. The molecule has 2 nitrogen and oxygen atoms in total. The predicted octanol–water partition coefficient (Wildman–Crippen LogP) is 5.03. The van der Waals surface area contributed by atoms with E-state index in [0.717, 1.165) is 12.2 Å². The van der Waals surface area contributed by atoms with Gasteiger partial charge in [-0.2, -0.15) is 0 Å². The van der Waals surface area contributed by atoms with Crippen molar-refractivity contribution in [1.29, 1.82) is 0 Å². The Morgan fingerprint density at radius 2 is 1.62 bits per heavy atom. The molecule has 0 bridgehead atoms. The van der Waals surface area contributed by atoms with Gasteiger partial charge >= 0.3 is 0 Å². The maximum atomic E-state index is 6.18. The summed E-state index contributed by atoms with van der Waals surface area (Å²) in [6, 6.07) is 11.0. The van der Waals surface area contributed by atoms with Gasteiger partial charge in [-0.3, -0.25) is 0 Å². The van der Waals surface area contributed by atoms with Gasteiger partial charge in [0, 0.05) is 5.92 Å². The highest BCUT2D eigenvalue weighted by atomic mass is 16.5. The Balaban J connectivity index is 2.43. The molecular weight excluding hydrogens is 294 g/mol. The number of hydrogen-bond acceptors (Lipinski definition) is 2. The summed E-state index contributed by atoms with van der Waals surface area (Å²) in [6.07, 6.45) is 0.908. The van der Waals surface area contributed by atoms with Gasteiger partial charge in [0.15, 0.2) is 0 Å². The van der Waals surface area contributed by atoms with E-state index in [1.165, 1.54) is 33.4 Å². The summed E-state index contributed by atoms with van der Waals surface area (Å²) < 4.78 is 5.60. The zero-order chi connectivity index (χ0) is 17.9. The maximum absolute atomic E-state index is 6.18. The highest BCUT2D eigenvalue weighted by Gasteiger charge is 2.18. The molecule has 0 aliphatic heterocycles. The SMILES string of the molecule is COc1ccc(C(C)C)cc1CC(CN)c1c(C)cc(C)cc1C. The van der Waals surface area contributed by atoms with Gasteiger partial charge in [0.2, 0.25) is 0 Å². The summed E-state index contributed by atoms with van der Waals surface area (Å²) in [5.74, 6) is 1.77. The van der Waals surface area contributed by atoms with Gasteiger partial charge in [-0.25, -0.2) is 0 Å². The Labute approximate surface area is 147 Å². The molecule has 1 atom stereocenters. The molecule has 24 heavy (non-hydrogen) atoms. The molecule has 130 valence electrons. The molecule has 0 amide bonds. The second-order valence-corrected chi connectivity index (χ2v) is 7.18. The molecule has 0 fully saturated rings. The first-order chi connectivity index (χ1) is 11.4. The first kappa shape index (κ1) is 18.5. The number of benzene rings is 2. The summed E-state index contributed by atoms with van der Waals surface area (Å²) in [5, 5.41) is 0. The van der Waals surface area contributed by atoms with Crippen molar-refractivity contribution < 1.29 is 4.74 Å². The molecule has 2 aromatic rings. The van der Waals surface area contributed by atoms with Crippen molar-refractivity contribution in [2.24, 2.45) is 5.73 Å². The molecular formula is C22H31NO. The standard InChI is InChI=1S/C22H31NO/c1-14(2)18-7-8-21(24-6)19(11-18)12-20(13-23)22-16(4)9-15(3)10-17(22)5/h7-11,14,20H,12-13,23H2,1-6H3. The van der Waals surface area contributed by atoms with E-state index in [4.69, 9.17) is 10.5 Å². The molecule has 0 saturated carbocycles. The fourth-order valence-electron chi connectivity index (χ4n) is 3.72. The second-order valence-electron chi connectivity index (χ2n) is 7.18. The molecule has 0 aliphatic carbocycles. The molecule has 1 unspecified atom stereocenters. The number of methoxy groups -OCH3 is 1. The molecule has 0 aromatic heterocycles. The number of rotatable bonds is 6. The largest absolute Gasteiger partial charge is 0.496 e. The lowest BCUT2D eigenvalue weighted by molar-refractivity contribution is 0.407. The van der Waals surface area contributed by atoms with Crippen molar-refractivity contribution in [2.75, 3.05) is 13.7 Å². The number of aryl methyl sites for hydroxylation is 3. The fraction of sp³-hybridized carbons (Fsp3) is 0.455. The van der Waals surface area contributed by atoms with E-state index >= 15 is 0 Å². The van der Waals surface area contributed by atoms with Gasteiger partial charge in [-0.1, -0.05) is 43.7 Å². The predicted molar refractivity (Wildman–Crippen MR) is 103 cm³/mol. The topological polar surface area (TPSA) is 35.2 Å². The highest BCUT2D eigenvalue weighted by molar-refractivity contribution is 5.44. The van der Waals surface area contributed by atoms with Crippen LogP contribution in [0.5, 0.6) is 5.75 Å². The van der Waals surface area contributed by atoms with Gasteiger partial charge in [0.25, 0.3) is 0 Å². The lowest BCUT2D eigenvalue weighted by Gasteiger charge is -2.22. The van der Waals surface area contributed by atoms with E-state index in [-0.39, 0.29) is 0 Å². The van der Waals surface area contributed by atoms with Crippen molar-refractivity contribution in [1.82, 2.24) is 0 Å². The fourth-order valence-corrected chi connectivity index (χ4v) is 3.72. The van der Waals surface area contributed by atoms with E-state index in [1.807, 2.05) is 0 Å². The van der Waals surface area contributed by atoms with Crippen LogP contribution in [0.1, 0.15) is 59.1 Å². The molecule has 0 saturated heterocycles. The Morgan fingerprint density at radius 1 is 1.00 bits per heavy atom. The van der Waals surface area contributed by atoms with Crippen LogP contribution >= 0.6 is 0 Å². The van der Waals surface area contributed by atoms with Crippen LogP contribution in [0.25, 0.3) is 0 Å². The van der Waals surface area contributed by atoms with Crippen LogP contribution in [0.15, 0.2) is 30.3 Å². The van der Waals surface area contributed by atoms with Crippen LogP contribution in [0.2, 0.25) is 0 Å².